The van der Waals surface area contributed by atoms with E-state index in [0.29, 0.717) is 6.54 Å². The van der Waals surface area contributed by atoms with E-state index in [0.717, 1.165) is 11.3 Å². The Labute approximate surface area is 161 Å². The molecule has 1 aromatic carbocycles. The van der Waals surface area contributed by atoms with Crippen molar-refractivity contribution in [1.82, 2.24) is 10.6 Å². The average Bonchev–Trinajstić information content (AvgIpc) is 2.59. The van der Waals surface area contributed by atoms with Crippen LogP contribution in [0.2, 0.25) is 0 Å². The summed E-state index contributed by atoms with van der Waals surface area (Å²) in [4.78, 5) is 24.1. The number of rotatable bonds is 8. The van der Waals surface area contributed by atoms with Crippen LogP contribution in [0.5, 0.6) is 5.75 Å². The van der Waals surface area contributed by atoms with Gasteiger partial charge in [0.1, 0.15) is 11.4 Å². The number of hydrogen-bond acceptors (Lipinski definition) is 5. The molecule has 0 aromatic heterocycles. The number of amides is 2. The van der Waals surface area contributed by atoms with Crippen LogP contribution >= 0.6 is 0 Å². The Balaban J connectivity index is 2.57. The predicted molar refractivity (Wildman–Crippen MR) is 104 cm³/mol. The van der Waals surface area contributed by atoms with Crippen LogP contribution in [0.15, 0.2) is 24.3 Å². The van der Waals surface area contributed by atoms with E-state index in [-0.39, 0.29) is 17.9 Å². The molecule has 2 N–H and O–H groups in total. The van der Waals surface area contributed by atoms with Crippen molar-refractivity contribution in [1.29, 1.82) is 0 Å². The largest absolute Gasteiger partial charge is 0.497 e. The molecule has 0 aliphatic rings. The maximum absolute atomic E-state index is 12.4. The lowest BCUT2D eigenvalue weighted by molar-refractivity contribution is -0.130. The Hall–Kier alpha value is -2.28. The quantitative estimate of drug-likeness (QED) is 0.724. The maximum Gasteiger partial charge on any atom is 0.407 e. The Kier molecular flexibility index (Phi) is 8.09. The van der Waals surface area contributed by atoms with Gasteiger partial charge in [0, 0.05) is 19.1 Å². The third-order valence-electron chi connectivity index (χ3n) is 3.98. The molecule has 0 saturated carbocycles. The highest BCUT2D eigenvalue weighted by Gasteiger charge is 2.25. The molecule has 0 bridgehead atoms. The summed E-state index contributed by atoms with van der Waals surface area (Å²) in [6.07, 6.45) is -1.39. The average molecular weight is 380 g/mol. The molecular formula is C20H32N2O5. The molecular weight excluding hydrogens is 348 g/mol. The smallest absolute Gasteiger partial charge is 0.407 e. The molecule has 0 saturated heterocycles. The van der Waals surface area contributed by atoms with E-state index in [1.165, 1.54) is 7.11 Å². The van der Waals surface area contributed by atoms with Crippen molar-refractivity contribution in [2.75, 3.05) is 27.3 Å². The van der Waals surface area contributed by atoms with E-state index in [1.54, 1.807) is 27.9 Å². The first-order valence-corrected chi connectivity index (χ1v) is 8.90. The lowest BCUT2D eigenvalue weighted by atomic mass is 9.84. The highest BCUT2D eigenvalue weighted by atomic mass is 16.6. The maximum atomic E-state index is 12.4. The first kappa shape index (κ1) is 22.8. The Morgan fingerprint density at radius 2 is 1.59 bits per heavy atom. The number of benzene rings is 1. The van der Waals surface area contributed by atoms with E-state index in [9.17, 15) is 9.59 Å². The summed E-state index contributed by atoms with van der Waals surface area (Å²) in [5.41, 5.74) is 0.195. The summed E-state index contributed by atoms with van der Waals surface area (Å²) in [6, 6.07) is 7.73. The zero-order valence-electron chi connectivity index (χ0n) is 17.3. The molecule has 152 valence electrons. The van der Waals surface area contributed by atoms with E-state index < -0.39 is 17.8 Å². The number of ether oxygens (including phenoxy) is 3. The van der Waals surface area contributed by atoms with Gasteiger partial charge in [-0.2, -0.15) is 0 Å². The Bertz CT molecular complexity index is 620. The fourth-order valence-corrected chi connectivity index (χ4v) is 2.34. The summed E-state index contributed by atoms with van der Waals surface area (Å²) >= 11 is 0. The predicted octanol–water partition coefficient (Wildman–Crippen LogP) is 2.63. The van der Waals surface area contributed by atoms with Gasteiger partial charge in [-0.05, 0) is 38.5 Å². The van der Waals surface area contributed by atoms with Crippen molar-refractivity contribution >= 4 is 12.0 Å². The van der Waals surface area contributed by atoms with Gasteiger partial charge in [-0.3, -0.25) is 4.79 Å². The van der Waals surface area contributed by atoms with E-state index in [4.69, 9.17) is 14.2 Å². The molecule has 1 atom stereocenters. The zero-order chi connectivity index (χ0) is 20.7. The number of alkyl carbamates (subject to hydrolysis) is 1. The minimum atomic E-state index is -0.802. The summed E-state index contributed by atoms with van der Waals surface area (Å²) in [5, 5.41) is 5.44. The standard InChI is InChI=1S/C20H32N2O5/c1-19(2,3)27-18(24)21-12-16(26-7)17(23)22-13-20(4,5)14-8-10-15(25-6)11-9-14/h8-11,16H,12-13H2,1-7H3,(H,21,24)(H,22,23). The monoisotopic (exact) mass is 380 g/mol. The van der Waals surface area contributed by atoms with Crippen molar-refractivity contribution in [3.63, 3.8) is 0 Å². The molecule has 0 radical (unpaired) electrons. The van der Waals surface area contributed by atoms with Crippen molar-refractivity contribution in [3.8, 4) is 5.75 Å². The number of hydrogen-bond donors (Lipinski definition) is 2. The minimum Gasteiger partial charge on any atom is -0.497 e. The number of carbonyl (C=O) groups excluding carboxylic acids is 2. The zero-order valence-corrected chi connectivity index (χ0v) is 17.3. The van der Waals surface area contributed by atoms with Crippen LogP contribution in [-0.2, 0) is 19.7 Å². The lowest BCUT2D eigenvalue weighted by Crippen LogP contribution is -2.47. The van der Waals surface area contributed by atoms with Gasteiger partial charge in [-0.1, -0.05) is 26.0 Å². The Morgan fingerprint density at radius 1 is 1.00 bits per heavy atom. The molecule has 0 spiro atoms. The highest BCUT2D eigenvalue weighted by molar-refractivity contribution is 5.81. The SMILES string of the molecule is COc1ccc(C(C)(C)CNC(=O)C(CNC(=O)OC(C)(C)C)OC)cc1. The molecule has 7 nitrogen and oxygen atoms in total. The molecule has 7 heteroatoms. The fraction of sp³-hybridized carbons (Fsp3) is 0.600. The van der Waals surface area contributed by atoms with E-state index in [2.05, 4.69) is 10.6 Å². The van der Waals surface area contributed by atoms with Crippen molar-refractivity contribution in [2.45, 2.75) is 51.7 Å². The molecule has 27 heavy (non-hydrogen) atoms. The number of methoxy groups -OCH3 is 2. The van der Waals surface area contributed by atoms with Gasteiger partial charge < -0.3 is 24.8 Å². The summed E-state index contributed by atoms with van der Waals surface area (Å²) < 4.78 is 15.5. The van der Waals surface area contributed by atoms with Crippen LogP contribution in [0.1, 0.15) is 40.2 Å². The molecule has 0 fully saturated rings. The second-order valence-corrected chi connectivity index (χ2v) is 7.94. The first-order chi connectivity index (χ1) is 12.5. The molecule has 0 heterocycles. The third-order valence-corrected chi connectivity index (χ3v) is 3.98. The molecule has 1 unspecified atom stereocenters. The van der Waals surface area contributed by atoms with Crippen molar-refractivity contribution < 1.29 is 23.8 Å². The molecule has 1 aromatic rings. The third kappa shape index (κ3) is 7.86. The first-order valence-electron chi connectivity index (χ1n) is 8.90. The summed E-state index contributed by atoms with van der Waals surface area (Å²) in [7, 11) is 3.05. The van der Waals surface area contributed by atoms with Gasteiger partial charge in [0.05, 0.1) is 13.7 Å². The van der Waals surface area contributed by atoms with Crippen molar-refractivity contribution in [2.24, 2.45) is 0 Å². The second kappa shape index (κ2) is 9.60. The van der Waals surface area contributed by atoms with Crippen LogP contribution in [0.3, 0.4) is 0 Å². The fourth-order valence-electron chi connectivity index (χ4n) is 2.34. The van der Waals surface area contributed by atoms with Crippen LogP contribution in [0, 0.1) is 0 Å². The molecule has 0 aliphatic heterocycles. The summed E-state index contributed by atoms with van der Waals surface area (Å²) in [5.74, 6) is 0.487. The Morgan fingerprint density at radius 3 is 2.07 bits per heavy atom. The molecule has 0 aliphatic carbocycles. The topological polar surface area (TPSA) is 85.9 Å². The van der Waals surface area contributed by atoms with E-state index >= 15 is 0 Å². The van der Waals surface area contributed by atoms with Crippen LogP contribution in [0.25, 0.3) is 0 Å². The van der Waals surface area contributed by atoms with Gasteiger partial charge in [0.15, 0.2) is 6.10 Å². The van der Waals surface area contributed by atoms with Crippen molar-refractivity contribution in [3.05, 3.63) is 29.8 Å². The van der Waals surface area contributed by atoms with Gasteiger partial charge in [0.25, 0.3) is 5.91 Å². The number of nitrogens with one attached hydrogen (secondary N) is 2. The lowest BCUT2D eigenvalue weighted by Gasteiger charge is -2.27. The summed E-state index contributed by atoms with van der Waals surface area (Å²) in [6.45, 7) is 9.84. The van der Waals surface area contributed by atoms with Gasteiger partial charge in [0.2, 0.25) is 0 Å². The normalized spacial score (nSPS) is 12.9. The van der Waals surface area contributed by atoms with Crippen LogP contribution < -0.4 is 15.4 Å². The van der Waals surface area contributed by atoms with Crippen LogP contribution in [-0.4, -0.2) is 51.0 Å². The van der Waals surface area contributed by atoms with Gasteiger partial charge in [-0.25, -0.2) is 4.79 Å². The van der Waals surface area contributed by atoms with Gasteiger partial charge in [-0.15, -0.1) is 0 Å². The van der Waals surface area contributed by atoms with Crippen LogP contribution in [0.4, 0.5) is 4.79 Å². The van der Waals surface area contributed by atoms with Gasteiger partial charge >= 0.3 is 6.09 Å². The van der Waals surface area contributed by atoms with E-state index in [1.807, 2.05) is 38.1 Å². The molecule has 1 rings (SSSR count). The molecule has 2 amide bonds. The minimum absolute atomic E-state index is 0.0280. The second-order valence-electron chi connectivity index (χ2n) is 7.94. The number of carbonyl (C=O) groups is 2. The highest BCUT2D eigenvalue weighted by Crippen LogP contribution is 2.24.